The van der Waals surface area contributed by atoms with E-state index < -0.39 is 17.2 Å². The molecule has 2 nitrogen and oxygen atoms in total. The van der Waals surface area contributed by atoms with Crippen LogP contribution < -0.4 is 0 Å². The summed E-state index contributed by atoms with van der Waals surface area (Å²) in [4.78, 5) is 2.18. The lowest BCUT2D eigenvalue weighted by atomic mass is 9.81. The molecule has 1 saturated heterocycles. The lowest BCUT2D eigenvalue weighted by Crippen LogP contribution is -2.41. The molecule has 2 aromatic rings. The lowest BCUT2D eigenvalue weighted by molar-refractivity contribution is -0.0209. The molecule has 0 bridgehead atoms. The molecule has 1 aliphatic rings. The number of likely N-dealkylation sites (tertiary alicyclic amines) is 1. The number of halogens is 2. The summed E-state index contributed by atoms with van der Waals surface area (Å²) >= 11 is 0. The first kappa shape index (κ1) is 16.1. The first-order valence-corrected chi connectivity index (χ1v) is 7.91. The molecule has 1 heterocycles. The van der Waals surface area contributed by atoms with Crippen molar-refractivity contribution in [2.24, 2.45) is 0 Å². The lowest BCUT2D eigenvalue weighted by Gasteiger charge is -2.38. The van der Waals surface area contributed by atoms with Crippen molar-refractivity contribution in [2.45, 2.75) is 24.9 Å². The van der Waals surface area contributed by atoms with Crippen LogP contribution in [0.5, 0.6) is 0 Å². The molecule has 0 spiro atoms. The Bertz CT molecular complexity index is 694. The van der Waals surface area contributed by atoms with Gasteiger partial charge in [0.2, 0.25) is 0 Å². The number of hydrogen-bond acceptors (Lipinski definition) is 2. The van der Waals surface area contributed by atoms with Gasteiger partial charge in [-0.1, -0.05) is 24.3 Å². The van der Waals surface area contributed by atoms with Gasteiger partial charge in [-0.15, -0.1) is 0 Å². The number of aliphatic hydroxyl groups is 1. The molecule has 1 N–H and O–H groups in total. The molecule has 1 aliphatic heterocycles. The normalized spacial score (nSPS) is 18.1. The maximum atomic E-state index is 13.9. The van der Waals surface area contributed by atoms with E-state index in [-0.39, 0.29) is 6.42 Å². The molecule has 0 aromatic heterocycles. The van der Waals surface area contributed by atoms with E-state index in [4.69, 9.17) is 0 Å². The van der Waals surface area contributed by atoms with E-state index in [1.807, 2.05) is 31.3 Å². The zero-order valence-electron chi connectivity index (χ0n) is 13.2. The van der Waals surface area contributed by atoms with Gasteiger partial charge in [0.1, 0.15) is 11.6 Å². The second-order valence-corrected chi connectivity index (χ2v) is 6.40. The second kappa shape index (κ2) is 6.38. The molecule has 0 unspecified atom stereocenters. The van der Waals surface area contributed by atoms with E-state index in [1.165, 1.54) is 6.07 Å². The molecule has 0 aliphatic carbocycles. The van der Waals surface area contributed by atoms with Crippen LogP contribution in [0, 0.1) is 11.6 Å². The molecule has 0 amide bonds. The maximum absolute atomic E-state index is 13.9. The van der Waals surface area contributed by atoms with Crippen LogP contribution in [0.4, 0.5) is 8.78 Å². The number of piperidine rings is 1. The van der Waals surface area contributed by atoms with Crippen molar-refractivity contribution in [3.63, 3.8) is 0 Å². The van der Waals surface area contributed by atoms with Crippen LogP contribution in [0.15, 0.2) is 42.5 Å². The van der Waals surface area contributed by atoms with Gasteiger partial charge in [-0.2, -0.15) is 0 Å². The van der Waals surface area contributed by atoms with Crippen LogP contribution in [0.3, 0.4) is 0 Å². The summed E-state index contributed by atoms with van der Waals surface area (Å²) < 4.78 is 27.3. The van der Waals surface area contributed by atoms with Crippen molar-refractivity contribution in [1.29, 1.82) is 0 Å². The number of rotatable bonds is 3. The highest BCUT2D eigenvalue weighted by Crippen LogP contribution is 2.35. The molecule has 0 saturated carbocycles. The van der Waals surface area contributed by atoms with Crippen molar-refractivity contribution in [2.75, 3.05) is 20.1 Å². The fourth-order valence-electron chi connectivity index (χ4n) is 3.27. The molecule has 2 aromatic carbocycles. The Labute approximate surface area is 135 Å². The van der Waals surface area contributed by atoms with Crippen molar-refractivity contribution in [3.05, 3.63) is 70.8 Å². The summed E-state index contributed by atoms with van der Waals surface area (Å²) in [5, 5.41) is 11.0. The fourth-order valence-corrected chi connectivity index (χ4v) is 3.27. The van der Waals surface area contributed by atoms with Gasteiger partial charge >= 0.3 is 0 Å². The minimum atomic E-state index is -0.896. The third-order valence-electron chi connectivity index (χ3n) is 4.72. The quantitative estimate of drug-likeness (QED) is 0.937. The first-order valence-electron chi connectivity index (χ1n) is 7.91. The van der Waals surface area contributed by atoms with Gasteiger partial charge in [-0.25, -0.2) is 8.78 Å². The molecule has 122 valence electrons. The average molecular weight is 317 g/mol. The summed E-state index contributed by atoms with van der Waals surface area (Å²) in [5.41, 5.74) is 1.10. The first-order chi connectivity index (χ1) is 11.0. The van der Waals surface area contributed by atoms with Gasteiger partial charge in [0.25, 0.3) is 0 Å². The van der Waals surface area contributed by atoms with Gasteiger partial charge in [0.15, 0.2) is 0 Å². The molecule has 0 atom stereocenters. The highest BCUT2D eigenvalue weighted by Gasteiger charge is 2.34. The SMILES string of the molecule is CN1CCC(O)(c2ccccc2Cc2cc(F)ccc2F)CC1. The van der Waals surface area contributed by atoms with E-state index in [0.29, 0.717) is 18.4 Å². The minimum absolute atomic E-state index is 0.276. The fraction of sp³-hybridized carbons (Fsp3) is 0.368. The highest BCUT2D eigenvalue weighted by atomic mass is 19.1. The van der Waals surface area contributed by atoms with E-state index >= 15 is 0 Å². The monoisotopic (exact) mass is 317 g/mol. The number of nitrogens with zero attached hydrogens (tertiary/aromatic N) is 1. The van der Waals surface area contributed by atoms with Crippen molar-refractivity contribution in [1.82, 2.24) is 4.90 Å². The predicted molar refractivity (Wildman–Crippen MR) is 86.2 cm³/mol. The third kappa shape index (κ3) is 3.43. The molecule has 3 rings (SSSR count). The predicted octanol–water partition coefficient (Wildman–Crippen LogP) is 3.47. The van der Waals surface area contributed by atoms with Crippen molar-refractivity contribution in [3.8, 4) is 0 Å². The van der Waals surface area contributed by atoms with Crippen LogP contribution in [0.1, 0.15) is 29.5 Å². The highest BCUT2D eigenvalue weighted by molar-refractivity contribution is 5.37. The van der Waals surface area contributed by atoms with Crippen molar-refractivity contribution < 1.29 is 13.9 Å². The Morgan fingerprint density at radius 1 is 1.04 bits per heavy atom. The van der Waals surface area contributed by atoms with Gasteiger partial charge in [0.05, 0.1) is 5.60 Å². The Hall–Kier alpha value is -1.78. The Balaban J connectivity index is 1.93. The second-order valence-electron chi connectivity index (χ2n) is 6.40. The zero-order chi connectivity index (χ0) is 16.4. The summed E-state index contributed by atoms with van der Waals surface area (Å²) in [6.45, 7) is 1.64. The number of hydrogen-bond donors (Lipinski definition) is 1. The Kier molecular flexibility index (Phi) is 4.46. The molecule has 4 heteroatoms. The topological polar surface area (TPSA) is 23.5 Å². The van der Waals surface area contributed by atoms with E-state index in [2.05, 4.69) is 4.90 Å². The van der Waals surface area contributed by atoms with Gasteiger partial charge < -0.3 is 10.0 Å². The van der Waals surface area contributed by atoms with Crippen LogP contribution in [0.2, 0.25) is 0 Å². The van der Waals surface area contributed by atoms with Crippen LogP contribution >= 0.6 is 0 Å². The Morgan fingerprint density at radius 2 is 1.74 bits per heavy atom. The van der Waals surface area contributed by atoms with E-state index in [0.717, 1.165) is 36.3 Å². The summed E-state index contributed by atoms with van der Waals surface area (Å²) in [6, 6.07) is 11.0. The summed E-state index contributed by atoms with van der Waals surface area (Å²) in [7, 11) is 2.04. The van der Waals surface area contributed by atoms with Crippen LogP contribution in [-0.2, 0) is 12.0 Å². The maximum Gasteiger partial charge on any atom is 0.126 e. The number of benzene rings is 2. The van der Waals surface area contributed by atoms with E-state index in [1.54, 1.807) is 0 Å². The third-order valence-corrected chi connectivity index (χ3v) is 4.72. The summed E-state index contributed by atoms with van der Waals surface area (Å²) in [6.07, 6.45) is 1.57. The smallest absolute Gasteiger partial charge is 0.126 e. The van der Waals surface area contributed by atoms with Gasteiger partial charge in [-0.05, 0) is 54.8 Å². The zero-order valence-corrected chi connectivity index (χ0v) is 13.2. The Morgan fingerprint density at radius 3 is 2.48 bits per heavy atom. The largest absolute Gasteiger partial charge is 0.385 e. The van der Waals surface area contributed by atoms with Crippen LogP contribution in [0.25, 0.3) is 0 Å². The summed E-state index contributed by atoms with van der Waals surface area (Å²) in [5.74, 6) is -0.867. The van der Waals surface area contributed by atoms with E-state index in [9.17, 15) is 13.9 Å². The van der Waals surface area contributed by atoms with Gasteiger partial charge in [-0.3, -0.25) is 0 Å². The molecule has 1 fully saturated rings. The average Bonchev–Trinajstić information content (AvgIpc) is 2.54. The molecular weight excluding hydrogens is 296 g/mol. The van der Waals surface area contributed by atoms with Crippen molar-refractivity contribution >= 4 is 0 Å². The standard InChI is InChI=1S/C19H21F2NO/c1-22-10-8-19(23,9-11-22)17-5-3-2-4-14(17)12-15-13-16(20)6-7-18(15)21/h2-7,13,23H,8-12H2,1H3. The molecule has 23 heavy (non-hydrogen) atoms. The van der Waals surface area contributed by atoms with Crippen LogP contribution in [-0.4, -0.2) is 30.1 Å². The molecular formula is C19H21F2NO. The van der Waals surface area contributed by atoms with Gasteiger partial charge in [0, 0.05) is 19.5 Å². The molecule has 0 radical (unpaired) electrons. The minimum Gasteiger partial charge on any atom is -0.385 e.